The van der Waals surface area contributed by atoms with E-state index in [1.54, 1.807) is 4.90 Å². The largest absolute Gasteiger partial charge is 0.480 e. The van der Waals surface area contributed by atoms with E-state index in [-0.39, 0.29) is 18.5 Å². The molecule has 1 heterocycles. The van der Waals surface area contributed by atoms with E-state index >= 15 is 0 Å². The molecule has 0 spiro atoms. The molecule has 3 atom stereocenters. The first-order valence-corrected chi connectivity index (χ1v) is 8.34. The summed E-state index contributed by atoms with van der Waals surface area (Å²) in [6, 6.07) is -0.197. The third-order valence-electron chi connectivity index (χ3n) is 5.23. The lowest BCUT2D eigenvalue weighted by Crippen LogP contribution is -2.57. The summed E-state index contributed by atoms with van der Waals surface area (Å²) in [5.41, 5.74) is 0. The highest BCUT2D eigenvalue weighted by Crippen LogP contribution is 2.37. The standard InChI is InChI=1S/C16H28N2O3/c1-3-17(4-2)15(19)11-18-13-8-6-5-7-12(13)9-10-14(18)16(20)21/h12-14H,3-11H2,1-2H3,(H,20,21). The molecule has 5 nitrogen and oxygen atoms in total. The second-order valence-corrected chi connectivity index (χ2v) is 6.28. The Hall–Kier alpha value is -1.10. The number of likely N-dealkylation sites (N-methyl/N-ethyl adjacent to an activating group) is 1. The molecule has 0 aromatic carbocycles. The third kappa shape index (κ3) is 3.57. The van der Waals surface area contributed by atoms with Gasteiger partial charge >= 0.3 is 5.97 Å². The highest BCUT2D eigenvalue weighted by molar-refractivity contribution is 5.80. The Balaban J connectivity index is 2.12. The number of fused-ring (bicyclic) bond motifs is 1. The van der Waals surface area contributed by atoms with E-state index in [0.717, 1.165) is 19.3 Å². The van der Waals surface area contributed by atoms with Crippen molar-refractivity contribution in [3.8, 4) is 0 Å². The number of piperidine rings is 1. The minimum atomic E-state index is -0.772. The predicted octanol–water partition coefficient (Wildman–Crippen LogP) is 1.96. The molecule has 0 aromatic rings. The lowest BCUT2D eigenvalue weighted by molar-refractivity contribution is -0.150. The Kier molecular flexibility index (Phi) is 5.62. The third-order valence-corrected chi connectivity index (χ3v) is 5.23. The Morgan fingerprint density at radius 3 is 2.38 bits per heavy atom. The van der Waals surface area contributed by atoms with Crippen molar-refractivity contribution in [1.29, 1.82) is 0 Å². The molecule has 1 saturated carbocycles. The van der Waals surface area contributed by atoms with Gasteiger partial charge in [0.15, 0.2) is 0 Å². The monoisotopic (exact) mass is 296 g/mol. The molecule has 2 rings (SSSR count). The molecule has 1 aliphatic carbocycles. The van der Waals surface area contributed by atoms with Crippen molar-refractivity contribution in [1.82, 2.24) is 9.80 Å². The highest BCUT2D eigenvalue weighted by Gasteiger charge is 2.42. The number of aliphatic carboxylic acids is 1. The molecule has 2 fully saturated rings. The summed E-state index contributed by atoms with van der Waals surface area (Å²) in [7, 11) is 0. The van der Waals surface area contributed by atoms with Crippen LogP contribution in [0.3, 0.4) is 0 Å². The summed E-state index contributed by atoms with van der Waals surface area (Å²) < 4.78 is 0. The fourth-order valence-corrected chi connectivity index (χ4v) is 4.06. The van der Waals surface area contributed by atoms with E-state index < -0.39 is 12.0 Å². The summed E-state index contributed by atoms with van der Waals surface area (Å²) in [5.74, 6) is -0.123. The number of rotatable bonds is 5. The first kappa shape index (κ1) is 16.3. The van der Waals surface area contributed by atoms with Gasteiger partial charge in [-0.05, 0) is 45.4 Å². The first-order chi connectivity index (χ1) is 10.1. The van der Waals surface area contributed by atoms with E-state index in [4.69, 9.17) is 0 Å². The topological polar surface area (TPSA) is 60.9 Å². The van der Waals surface area contributed by atoms with Gasteiger partial charge in [-0.1, -0.05) is 12.8 Å². The van der Waals surface area contributed by atoms with E-state index in [0.29, 0.717) is 25.4 Å². The molecule has 1 N–H and O–H groups in total. The van der Waals surface area contributed by atoms with Gasteiger partial charge in [-0.15, -0.1) is 0 Å². The van der Waals surface area contributed by atoms with Gasteiger partial charge in [0.05, 0.1) is 6.54 Å². The van der Waals surface area contributed by atoms with Gasteiger partial charge in [0.1, 0.15) is 6.04 Å². The van der Waals surface area contributed by atoms with Gasteiger partial charge in [0, 0.05) is 19.1 Å². The lowest BCUT2D eigenvalue weighted by atomic mass is 9.76. The Bertz CT molecular complexity index is 382. The zero-order valence-electron chi connectivity index (χ0n) is 13.3. The number of nitrogens with zero attached hydrogens (tertiary/aromatic N) is 2. The van der Waals surface area contributed by atoms with Crippen LogP contribution >= 0.6 is 0 Å². The molecule has 0 radical (unpaired) electrons. The van der Waals surface area contributed by atoms with E-state index in [1.807, 2.05) is 18.7 Å². The second kappa shape index (κ2) is 7.25. The van der Waals surface area contributed by atoms with Crippen LogP contribution in [0.4, 0.5) is 0 Å². The van der Waals surface area contributed by atoms with Crippen LogP contribution in [-0.2, 0) is 9.59 Å². The number of hydrogen-bond acceptors (Lipinski definition) is 3. The zero-order chi connectivity index (χ0) is 15.4. The van der Waals surface area contributed by atoms with Crippen LogP contribution < -0.4 is 0 Å². The molecular weight excluding hydrogens is 268 g/mol. The number of amides is 1. The second-order valence-electron chi connectivity index (χ2n) is 6.28. The molecule has 1 aliphatic heterocycles. The summed E-state index contributed by atoms with van der Waals surface area (Å²) in [5, 5.41) is 9.50. The molecule has 21 heavy (non-hydrogen) atoms. The SMILES string of the molecule is CCN(CC)C(=O)CN1C(C(=O)O)CCC2CCCCC21. The summed E-state index contributed by atoms with van der Waals surface area (Å²) in [6.45, 7) is 5.58. The molecule has 1 amide bonds. The van der Waals surface area contributed by atoms with E-state index in [2.05, 4.69) is 0 Å². The molecular formula is C16H28N2O3. The molecule has 0 aromatic heterocycles. The van der Waals surface area contributed by atoms with Crippen LogP contribution in [-0.4, -0.2) is 58.5 Å². The number of likely N-dealkylation sites (tertiary alicyclic amines) is 1. The van der Waals surface area contributed by atoms with Crippen LogP contribution in [0.2, 0.25) is 0 Å². The van der Waals surface area contributed by atoms with Crippen molar-refractivity contribution >= 4 is 11.9 Å². The minimum absolute atomic E-state index is 0.0671. The number of hydrogen-bond donors (Lipinski definition) is 1. The maximum absolute atomic E-state index is 12.4. The van der Waals surface area contributed by atoms with Gasteiger partial charge in [0.2, 0.25) is 5.91 Å². The fourth-order valence-electron chi connectivity index (χ4n) is 4.06. The zero-order valence-corrected chi connectivity index (χ0v) is 13.3. The summed E-state index contributed by atoms with van der Waals surface area (Å²) in [4.78, 5) is 27.8. The smallest absolute Gasteiger partial charge is 0.320 e. The Morgan fingerprint density at radius 1 is 1.10 bits per heavy atom. The summed E-state index contributed by atoms with van der Waals surface area (Å²) >= 11 is 0. The highest BCUT2D eigenvalue weighted by atomic mass is 16.4. The first-order valence-electron chi connectivity index (χ1n) is 8.34. The number of carboxylic acid groups (broad SMARTS) is 1. The van der Waals surface area contributed by atoms with E-state index in [1.165, 1.54) is 12.8 Å². The van der Waals surface area contributed by atoms with Crippen LogP contribution in [0, 0.1) is 5.92 Å². The predicted molar refractivity (Wildman–Crippen MR) is 81.0 cm³/mol. The average Bonchev–Trinajstić information content (AvgIpc) is 2.48. The van der Waals surface area contributed by atoms with Crippen LogP contribution in [0.25, 0.3) is 0 Å². The van der Waals surface area contributed by atoms with Crippen LogP contribution in [0.15, 0.2) is 0 Å². The minimum Gasteiger partial charge on any atom is -0.480 e. The molecule has 120 valence electrons. The van der Waals surface area contributed by atoms with Crippen molar-refractivity contribution in [3.05, 3.63) is 0 Å². The normalized spacial score (nSPS) is 29.7. The molecule has 5 heteroatoms. The maximum atomic E-state index is 12.4. The quantitative estimate of drug-likeness (QED) is 0.842. The van der Waals surface area contributed by atoms with Gasteiger partial charge in [0.25, 0.3) is 0 Å². The maximum Gasteiger partial charge on any atom is 0.320 e. The van der Waals surface area contributed by atoms with Gasteiger partial charge in [-0.3, -0.25) is 14.5 Å². The van der Waals surface area contributed by atoms with Crippen molar-refractivity contribution in [3.63, 3.8) is 0 Å². The van der Waals surface area contributed by atoms with Crippen molar-refractivity contribution < 1.29 is 14.7 Å². The van der Waals surface area contributed by atoms with Crippen molar-refractivity contribution in [2.24, 2.45) is 5.92 Å². The summed E-state index contributed by atoms with van der Waals surface area (Å²) in [6.07, 6.45) is 6.31. The van der Waals surface area contributed by atoms with E-state index in [9.17, 15) is 14.7 Å². The molecule has 0 bridgehead atoms. The van der Waals surface area contributed by atoms with Crippen LogP contribution in [0.5, 0.6) is 0 Å². The lowest BCUT2D eigenvalue weighted by Gasteiger charge is -2.47. The van der Waals surface area contributed by atoms with Gasteiger partial charge in [-0.25, -0.2) is 0 Å². The number of carbonyl (C=O) groups excluding carboxylic acids is 1. The van der Waals surface area contributed by atoms with Gasteiger partial charge in [-0.2, -0.15) is 0 Å². The van der Waals surface area contributed by atoms with Gasteiger partial charge < -0.3 is 10.0 Å². The molecule has 1 saturated heterocycles. The average molecular weight is 296 g/mol. The Labute approximate surface area is 127 Å². The molecule has 2 aliphatic rings. The Morgan fingerprint density at radius 2 is 1.76 bits per heavy atom. The molecule has 3 unspecified atom stereocenters. The fraction of sp³-hybridized carbons (Fsp3) is 0.875. The van der Waals surface area contributed by atoms with Crippen molar-refractivity contribution in [2.45, 2.75) is 64.5 Å². The number of carboxylic acids is 1. The van der Waals surface area contributed by atoms with Crippen LogP contribution in [0.1, 0.15) is 52.4 Å². The number of carbonyl (C=O) groups is 2. The van der Waals surface area contributed by atoms with Crippen molar-refractivity contribution in [2.75, 3.05) is 19.6 Å².